The quantitative estimate of drug-likeness (QED) is 0.164. The van der Waals surface area contributed by atoms with Crippen LogP contribution in [0.25, 0.3) is 83.2 Å². The molecular formula is C48H33N5. The molecule has 10 aromatic rings. The zero-order valence-electron chi connectivity index (χ0n) is 29.1. The Morgan fingerprint density at radius 1 is 0.415 bits per heavy atom. The molecule has 5 heteroatoms. The van der Waals surface area contributed by atoms with Crippen LogP contribution in [-0.2, 0) is 0 Å². The van der Waals surface area contributed by atoms with Gasteiger partial charge >= 0.3 is 0 Å². The van der Waals surface area contributed by atoms with E-state index in [0.717, 1.165) is 33.8 Å². The predicted molar refractivity (Wildman–Crippen MR) is 220 cm³/mol. The number of hydrogen-bond donors (Lipinski definition) is 0. The Hall–Kier alpha value is -7.11. The molecule has 0 N–H and O–H groups in total. The molecule has 0 radical (unpaired) electrons. The van der Waals surface area contributed by atoms with Crippen LogP contribution in [0, 0.1) is 0 Å². The molecule has 0 aliphatic rings. The van der Waals surface area contributed by atoms with Crippen molar-refractivity contribution in [3.63, 3.8) is 0 Å². The lowest BCUT2D eigenvalue weighted by molar-refractivity contribution is 1.07. The van der Waals surface area contributed by atoms with Crippen molar-refractivity contribution in [2.45, 2.75) is 0 Å². The van der Waals surface area contributed by atoms with Gasteiger partial charge in [-0.3, -0.25) is 0 Å². The molecule has 0 amide bonds. The lowest BCUT2D eigenvalue weighted by Crippen LogP contribution is -2.10. The Morgan fingerprint density at radius 2 is 0.981 bits per heavy atom. The molecule has 250 valence electrons. The van der Waals surface area contributed by atoms with E-state index in [-0.39, 0.29) is 0 Å². The van der Waals surface area contributed by atoms with E-state index in [9.17, 15) is 0 Å². The lowest BCUT2D eigenvalue weighted by atomic mass is 9.96. The summed E-state index contributed by atoms with van der Waals surface area (Å²) >= 11 is 0. The highest BCUT2D eigenvalue weighted by Crippen LogP contribution is 2.42. The minimum atomic E-state index is 0.633. The number of para-hydroxylation sites is 2. The van der Waals surface area contributed by atoms with Crippen LogP contribution in [0.3, 0.4) is 0 Å². The standard InChI is InChI=1S/C48H33N5/c1-52(37-23-13-20-35(31-37)48-50-46(33-15-5-2-6-16-33)49-47(51-48)34-17-7-3-8-18-34)42-26-14-19-32-27-28-39-38(44(32)42)29-30-43-45(39)40-24-11-12-25-41(40)53(43)36-21-9-4-10-22-36/h2-31H,1H3. The van der Waals surface area contributed by atoms with Crippen molar-refractivity contribution in [3.8, 4) is 39.9 Å². The van der Waals surface area contributed by atoms with Crippen molar-refractivity contribution in [2.24, 2.45) is 0 Å². The molecule has 0 fully saturated rings. The van der Waals surface area contributed by atoms with Crippen LogP contribution in [-0.4, -0.2) is 26.6 Å². The summed E-state index contributed by atoms with van der Waals surface area (Å²) in [5, 5.41) is 7.39. The minimum absolute atomic E-state index is 0.633. The molecular weight excluding hydrogens is 647 g/mol. The highest BCUT2D eigenvalue weighted by Gasteiger charge is 2.19. The van der Waals surface area contributed by atoms with Crippen molar-refractivity contribution in [1.82, 2.24) is 19.5 Å². The summed E-state index contributed by atoms with van der Waals surface area (Å²) < 4.78 is 2.38. The molecule has 0 atom stereocenters. The van der Waals surface area contributed by atoms with Crippen LogP contribution in [0.4, 0.5) is 11.4 Å². The van der Waals surface area contributed by atoms with E-state index < -0.39 is 0 Å². The summed E-state index contributed by atoms with van der Waals surface area (Å²) in [5.41, 5.74) is 8.54. The van der Waals surface area contributed by atoms with E-state index in [1.807, 2.05) is 60.7 Å². The van der Waals surface area contributed by atoms with Gasteiger partial charge < -0.3 is 9.47 Å². The van der Waals surface area contributed by atoms with Crippen molar-refractivity contribution in [3.05, 3.63) is 182 Å². The van der Waals surface area contributed by atoms with Gasteiger partial charge in [-0.1, -0.05) is 140 Å². The third-order valence-corrected chi connectivity index (χ3v) is 10.2. The summed E-state index contributed by atoms with van der Waals surface area (Å²) in [6, 6.07) is 63.8. The first-order valence-corrected chi connectivity index (χ1v) is 17.9. The summed E-state index contributed by atoms with van der Waals surface area (Å²) in [6.07, 6.45) is 0. The first-order chi connectivity index (χ1) is 26.2. The van der Waals surface area contributed by atoms with Gasteiger partial charge in [0.25, 0.3) is 0 Å². The van der Waals surface area contributed by atoms with Gasteiger partial charge in [0.1, 0.15) is 0 Å². The van der Waals surface area contributed by atoms with E-state index in [0.29, 0.717) is 17.5 Å². The van der Waals surface area contributed by atoms with Crippen LogP contribution in [0.5, 0.6) is 0 Å². The van der Waals surface area contributed by atoms with Crippen molar-refractivity contribution < 1.29 is 0 Å². The molecule has 2 aromatic heterocycles. The Bertz CT molecular complexity index is 2900. The Kier molecular flexibility index (Phi) is 7.29. The van der Waals surface area contributed by atoms with Crippen molar-refractivity contribution in [2.75, 3.05) is 11.9 Å². The maximum absolute atomic E-state index is 5.00. The smallest absolute Gasteiger partial charge is 0.164 e. The number of benzene rings is 8. The van der Waals surface area contributed by atoms with Gasteiger partial charge in [0.2, 0.25) is 0 Å². The molecule has 0 spiro atoms. The van der Waals surface area contributed by atoms with Crippen LogP contribution in [0.1, 0.15) is 0 Å². The molecule has 5 nitrogen and oxygen atoms in total. The second-order valence-electron chi connectivity index (χ2n) is 13.3. The normalized spacial score (nSPS) is 11.5. The average Bonchev–Trinajstić information content (AvgIpc) is 3.58. The molecule has 0 unspecified atom stereocenters. The zero-order valence-corrected chi connectivity index (χ0v) is 29.1. The van der Waals surface area contributed by atoms with Gasteiger partial charge in [0, 0.05) is 57.0 Å². The Balaban J connectivity index is 1.13. The van der Waals surface area contributed by atoms with E-state index in [4.69, 9.17) is 15.0 Å². The highest BCUT2D eigenvalue weighted by molar-refractivity contribution is 6.27. The SMILES string of the molecule is CN(c1cccc(-c2nc(-c3ccccc3)nc(-c3ccccc3)n2)c1)c1cccc2ccc3c(ccc4c3c3ccccc3n4-c3ccccc3)c12. The molecule has 0 aliphatic heterocycles. The summed E-state index contributed by atoms with van der Waals surface area (Å²) in [7, 11) is 2.14. The largest absolute Gasteiger partial charge is 0.344 e. The number of aromatic nitrogens is 4. The van der Waals surface area contributed by atoms with Gasteiger partial charge in [-0.05, 0) is 58.6 Å². The zero-order chi connectivity index (χ0) is 35.3. The summed E-state index contributed by atoms with van der Waals surface area (Å²) in [4.78, 5) is 17.2. The van der Waals surface area contributed by atoms with Crippen LogP contribution >= 0.6 is 0 Å². The maximum atomic E-state index is 5.00. The van der Waals surface area contributed by atoms with Crippen molar-refractivity contribution in [1.29, 1.82) is 0 Å². The molecule has 0 saturated heterocycles. The van der Waals surface area contributed by atoms with E-state index in [1.165, 1.54) is 43.4 Å². The number of fused-ring (bicyclic) bond motifs is 7. The second kappa shape index (κ2) is 12.6. The van der Waals surface area contributed by atoms with Crippen LogP contribution in [0.15, 0.2) is 182 Å². The number of rotatable bonds is 6. The Labute approximate surface area is 307 Å². The van der Waals surface area contributed by atoms with E-state index in [2.05, 4.69) is 138 Å². The second-order valence-corrected chi connectivity index (χ2v) is 13.3. The van der Waals surface area contributed by atoms with Crippen molar-refractivity contribution >= 4 is 54.7 Å². The Morgan fingerprint density at radius 3 is 1.70 bits per heavy atom. The molecule has 2 heterocycles. The molecule has 0 saturated carbocycles. The van der Waals surface area contributed by atoms with Gasteiger partial charge in [-0.15, -0.1) is 0 Å². The van der Waals surface area contributed by atoms with Crippen LogP contribution < -0.4 is 4.90 Å². The van der Waals surface area contributed by atoms with Gasteiger partial charge in [0.05, 0.1) is 11.0 Å². The topological polar surface area (TPSA) is 46.8 Å². The maximum Gasteiger partial charge on any atom is 0.164 e. The predicted octanol–water partition coefficient (Wildman–Crippen LogP) is 12.0. The minimum Gasteiger partial charge on any atom is -0.344 e. The lowest BCUT2D eigenvalue weighted by Gasteiger charge is -2.23. The number of nitrogens with zero attached hydrogens (tertiary/aromatic N) is 5. The van der Waals surface area contributed by atoms with Gasteiger partial charge in [-0.2, -0.15) is 0 Å². The molecule has 0 aliphatic carbocycles. The monoisotopic (exact) mass is 679 g/mol. The van der Waals surface area contributed by atoms with E-state index in [1.54, 1.807) is 0 Å². The highest BCUT2D eigenvalue weighted by atomic mass is 15.1. The first kappa shape index (κ1) is 30.7. The third kappa shape index (κ3) is 5.21. The van der Waals surface area contributed by atoms with E-state index >= 15 is 0 Å². The fraction of sp³-hybridized carbons (Fsp3) is 0.0208. The van der Waals surface area contributed by atoms with Gasteiger partial charge in [0.15, 0.2) is 17.5 Å². The molecule has 0 bridgehead atoms. The van der Waals surface area contributed by atoms with Crippen LogP contribution in [0.2, 0.25) is 0 Å². The fourth-order valence-electron chi connectivity index (χ4n) is 7.71. The third-order valence-electron chi connectivity index (χ3n) is 10.2. The van der Waals surface area contributed by atoms with Gasteiger partial charge in [-0.25, -0.2) is 15.0 Å². The summed E-state index contributed by atoms with van der Waals surface area (Å²) in [5.74, 6) is 1.93. The molecule has 8 aromatic carbocycles. The molecule has 53 heavy (non-hydrogen) atoms. The summed E-state index contributed by atoms with van der Waals surface area (Å²) in [6.45, 7) is 0. The average molecular weight is 680 g/mol. The first-order valence-electron chi connectivity index (χ1n) is 17.9. The molecule has 10 rings (SSSR count). The number of anilines is 2. The fourth-order valence-corrected chi connectivity index (χ4v) is 7.71. The number of hydrogen-bond acceptors (Lipinski definition) is 4.